The maximum Gasteiger partial charge on any atom is 0.203 e. The first-order valence-corrected chi connectivity index (χ1v) is 5.28. The molecule has 0 amide bonds. The molecule has 0 spiro atoms. The SMILES string of the molecule is CC1(C)C(c2nnc(N)s2)C1(C)C. The Morgan fingerprint density at radius 1 is 1.15 bits per heavy atom. The number of nitrogens with two attached hydrogens (primary N) is 1. The van der Waals surface area contributed by atoms with Crippen LogP contribution < -0.4 is 5.73 Å². The first kappa shape index (κ1) is 8.94. The fourth-order valence-electron chi connectivity index (χ4n) is 2.18. The zero-order valence-electron chi connectivity index (χ0n) is 8.46. The van der Waals surface area contributed by atoms with Crippen molar-refractivity contribution in [2.75, 3.05) is 5.73 Å². The summed E-state index contributed by atoms with van der Waals surface area (Å²) in [5, 5.41) is 9.64. The summed E-state index contributed by atoms with van der Waals surface area (Å²) in [6, 6.07) is 0. The molecular formula is C9H15N3S. The van der Waals surface area contributed by atoms with E-state index in [1.165, 1.54) is 11.3 Å². The summed E-state index contributed by atoms with van der Waals surface area (Å²) < 4.78 is 0. The van der Waals surface area contributed by atoms with Gasteiger partial charge in [0.2, 0.25) is 5.13 Å². The average Bonchev–Trinajstić information content (AvgIpc) is 2.32. The van der Waals surface area contributed by atoms with Crippen LogP contribution in [0.15, 0.2) is 0 Å². The summed E-state index contributed by atoms with van der Waals surface area (Å²) in [6.07, 6.45) is 0. The Balaban J connectivity index is 2.32. The van der Waals surface area contributed by atoms with E-state index in [1.54, 1.807) is 0 Å². The Bertz CT molecular complexity index is 326. The maximum absolute atomic E-state index is 5.57. The van der Waals surface area contributed by atoms with Crippen molar-refractivity contribution in [2.24, 2.45) is 10.8 Å². The topological polar surface area (TPSA) is 51.8 Å². The first-order chi connectivity index (χ1) is 5.87. The summed E-state index contributed by atoms with van der Waals surface area (Å²) in [5.41, 5.74) is 6.23. The molecule has 0 atom stereocenters. The predicted octanol–water partition coefficient (Wildman–Crippen LogP) is 2.27. The normalized spacial score (nSPS) is 24.6. The van der Waals surface area contributed by atoms with Gasteiger partial charge < -0.3 is 5.73 Å². The van der Waals surface area contributed by atoms with E-state index >= 15 is 0 Å². The van der Waals surface area contributed by atoms with Crippen molar-refractivity contribution >= 4 is 16.5 Å². The highest BCUT2D eigenvalue weighted by Crippen LogP contribution is 2.73. The largest absolute Gasteiger partial charge is 0.374 e. The summed E-state index contributed by atoms with van der Waals surface area (Å²) in [6.45, 7) is 9.09. The van der Waals surface area contributed by atoms with Crippen molar-refractivity contribution < 1.29 is 0 Å². The number of nitrogens with zero attached hydrogens (tertiary/aromatic N) is 2. The van der Waals surface area contributed by atoms with Gasteiger partial charge in [-0.25, -0.2) is 0 Å². The van der Waals surface area contributed by atoms with Gasteiger partial charge >= 0.3 is 0 Å². The Morgan fingerprint density at radius 3 is 2.00 bits per heavy atom. The van der Waals surface area contributed by atoms with Crippen LogP contribution >= 0.6 is 11.3 Å². The van der Waals surface area contributed by atoms with Crippen LogP contribution in [0.3, 0.4) is 0 Å². The van der Waals surface area contributed by atoms with Gasteiger partial charge in [-0.05, 0) is 10.8 Å². The van der Waals surface area contributed by atoms with Gasteiger partial charge in [-0.1, -0.05) is 39.0 Å². The summed E-state index contributed by atoms with van der Waals surface area (Å²) in [4.78, 5) is 0. The van der Waals surface area contributed by atoms with Crippen LogP contribution in [0.5, 0.6) is 0 Å². The highest BCUT2D eigenvalue weighted by atomic mass is 32.1. The van der Waals surface area contributed by atoms with E-state index < -0.39 is 0 Å². The number of hydrogen-bond donors (Lipinski definition) is 1. The van der Waals surface area contributed by atoms with Crippen LogP contribution in [0.2, 0.25) is 0 Å². The molecule has 1 heterocycles. The molecule has 0 bridgehead atoms. The molecule has 0 unspecified atom stereocenters. The lowest BCUT2D eigenvalue weighted by molar-refractivity contribution is 0.457. The van der Waals surface area contributed by atoms with E-state index in [-0.39, 0.29) is 0 Å². The molecule has 13 heavy (non-hydrogen) atoms. The lowest BCUT2D eigenvalue weighted by Gasteiger charge is -2.03. The Hall–Kier alpha value is -0.640. The van der Waals surface area contributed by atoms with E-state index in [1.807, 2.05) is 0 Å². The van der Waals surface area contributed by atoms with Crippen LogP contribution in [-0.4, -0.2) is 10.2 Å². The smallest absolute Gasteiger partial charge is 0.203 e. The van der Waals surface area contributed by atoms with Crippen molar-refractivity contribution in [3.63, 3.8) is 0 Å². The van der Waals surface area contributed by atoms with E-state index in [2.05, 4.69) is 37.9 Å². The fourth-order valence-corrected chi connectivity index (χ4v) is 3.26. The second kappa shape index (κ2) is 2.23. The van der Waals surface area contributed by atoms with Crippen LogP contribution in [0, 0.1) is 10.8 Å². The van der Waals surface area contributed by atoms with Crippen molar-refractivity contribution in [1.29, 1.82) is 0 Å². The number of rotatable bonds is 1. The molecule has 1 saturated carbocycles. The molecule has 3 nitrogen and oxygen atoms in total. The van der Waals surface area contributed by atoms with Gasteiger partial charge in [-0.15, -0.1) is 10.2 Å². The fraction of sp³-hybridized carbons (Fsp3) is 0.778. The van der Waals surface area contributed by atoms with Crippen LogP contribution in [0.25, 0.3) is 0 Å². The Kier molecular flexibility index (Phi) is 1.54. The molecular weight excluding hydrogens is 182 g/mol. The third kappa shape index (κ3) is 1.01. The average molecular weight is 197 g/mol. The molecule has 72 valence electrons. The summed E-state index contributed by atoms with van der Waals surface area (Å²) in [7, 11) is 0. The molecule has 1 fully saturated rings. The van der Waals surface area contributed by atoms with Gasteiger partial charge in [0.05, 0.1) is 0 Å². The van der Waals surface area contributed by atoms with E-state index in [9.17, 15) is 0 Å². The van der Waals surface area contributed by atoms with Gasteiger partial charge in [-0.3, -0.25) is 0 Å². The van der Waals surface area contributed by atoms with Crippen LogP contribution in [0.4, 0.5) is 5.13 Å². The zero-order chi connectivity index (χ0) is 9.85. The van der Waals surface area contributed by atoms with Crippen LogP contribution in [0.1, 0.15) is 38.6 Å². The van der Waals surface area contributed by atoms with Gasteiger partial charge in [0.15, 0.2) is 0 Å². The standard InChI is InChI=1S/C9H15N3S/c1-8(2)5(9(8,3)4)6-11-12-7(10)13-6/h5H,1-4H3,(H2,10,12). The molecule has 2 rings (SSSR count). The number of anilines is 1. The minimum Gasteiger partial charge on any atom is -0.374 e. The van der Waals surface area contributed by atoms with E-state index in [0.717, 1.165) is 5.01 Å². The quantitative estimate of drug-likeness (QED) is 0.751. The van der Waals surface area contributed by atoms with Crippen molar-refractivity contribution in [1.82, 2.24) is 10.2 Å². The first-order valence-electron chi connectivity index (χ1n) is 4.46. The number of nitrogen functional groups attached to an aromatic ring is 1. The van der Waals surface area contributed by atoms with Gasteiger partial charge in [0.25, 0.3) is 0 Å². The van der Waals surface area contributed by atoms with Crippen molar-refractivity contribution in [3.8, 4) is 0 Å². The monoisotopic (exact) mass is 197 g/mol. The van der Waals surface area contributed by atoms with Gasteiger partial charge in [0, 0.05) is 5.92 Å². The molecule has 1 aromatic rings. The maximum atomic E-state index is 5.57. The molecule has 1 aliphatic rings. The number of aromatic nitrogens is 2. The third-order valence-electron chi connectivity index (χ3n) is 3.72. The molecule has 1 aromatic heterocycles. The molecule has 0 aromatic carbocycles. The molecule has 0 saturated heterocycles. The van der Waals surface area contributed by atoms with Gasteiger partial charge in [-0.2, -0.15) is 0 Å². The lowest BCUT2D eigenvalue weighted by atomic mass is 10.0. The Morgan fingerprint density at radius 2 is 1.69 bits per heavy atom. The third-order valence-corrected chi connectivity index (χ3v) is 4.54. The van der Waals surface area contributed by atoms with E-state index in [4.69, 9.17) is 5.73 Å². The highest BCUT2D eigenvalue weighted by Gasteiger charge is 2.66. The minimum atomic E-state index is 0.332. The molecule has 2 N–H and O–H groups in total. The van der Waals surface area contributed by atoms with Crippen molar-refractivity contribution in [2.45, 2.75) is 33.6 Å². The predicted molar refractivity (Wildman–Crippen MR) is 54.6 cm³/mol. The zero-order valence-corrected chi connectivity index (χ0v) is 9.27. The lowest BCUT2D eigenvalue weighted by Crippen LogP contribution is -1.95. The summed E-state index contributed by atoms with van der Waals surface area (Å²) in [5.74, 6) is 0.523. The molecule has 4 heteroatoms. The molecule has 0 radical (unpaired) electrons. The van der Waals surface area contributed by atoms with Crippen LogP contribution in [-0.2, 0) is 0 Å². The summed E-state index contributed by atoms with van der Waals surface area (Å²) >= 11 is 1.52. The Labute approximate surface area is 82.4 Å². The van der Waals surface area contributed by atoms with Crippen molar-refractivity contribution in [3.05, 3.63) is 5.01 Å². The number of hydrogen-bond acceptors (Lipinski definition) is 4. The van der Waals surface area contributed by atoms with Gasteiger partial charge in [0.1, 0.15) is 5.01 Å². The highest BCUT2D eigenvalue weighted by molar-refractivity contribution is 7.15. The minimum absolute atomic E-state index is 0.332. The second-order valence-electron chi connectivity index (χ2n) is 4.85. The molecule has 1 aliphatic carbocycles. The van der Waals surface area contributed by atoms with E-state index in [0.29, 0.717) is 21.9 Å². The second-order valence-corrected chi connectivity index (χ2v) is 5.90. The molecule has 0 aliphatic heterocycles.